The fraction of sp³-hybridized carbons (Fsp3) is 0. The van der Waals surface area contributed by atoms with Crippen LogP contribution in [-0.4, -0.2) is 18.8 Å². The van der Waals surface area contributed by atoms with Crippen LogP contribution in [0, 0.1) is 13.5 Å². The van der Waals surface area contributed by atoms with Crippen molar-refractivity contribution >= 4 is 22.3 Å². The molecular weight excluding hydrogens is 493 g/mol. The number of fused-ring (bicyclic) bond motifs is 6. The Morgan fingerprint density at radius 3 is 2.63 bits per heavy atom. The molecule has 0 N–H and O–H groups in total. The molecule has 2 radical (unpaired) electrons. The zero-order chi connectivity index (χ0) is 10.5. The summed E-state index contributed by atoms with van der Waals surface area (Å²) < 4.78 is 4.01. The second-order valence-corrected chi connectivity index (χ2v) is 3.65. The molecule has 0 spiro atoms. The molecule has 19 heavy (non-hydrogen) atoms. The number of hydrogen-bond donors (Lipinski definition) is 0. The Hall–Kier alpha value is -0.607. The van der Waals surface area contributed by atoms with Crippen molar-refractivity contribution in [1.29, 1.82) is 0 Å². The van der Waals surface area contributed by atoms with E-state index in [9.17, 15) is 0 Å². The normalized spacial score (nSPS) is 9.89. The van der Waals surface area contributed by atoms with E-state index >= 15 is 0 Å². The largest absolute Gasteiger partial charge is 0.358 e. The van der Waals surface area contributed by atoms with Gasteiger partial charge in [-0.15, -0.1) is 24.3 Å². The number of benzene rings is 1. The van der Waals surface area contributed by atoms with Crippen LogP contribution < -0.4 is 0 Å². The molecule has 0 unspecified atom stereocenters. The van der Waals surface area contributed by atoms with Gasteiger partial charge in [-0.3, -0.25) is 4.98 Å². The second-order valence-electron chi connectivity index (χ2n) is 3.65. The van der Waals surface area contributed by atoms with E-state index < -0.39 is 0 Å². The van der Waals surface area contributed by atoms with Gasteiger partial charge < -0.3 is 16.2 Å². The molecule has 0 aliphatic heterocycles. The predicted octanol–water partition coefficient (Wildman–Crippen LogP) is 2.38. The average Bonchev–Trinajstić information content (AvgIpc) is 2.98. The first-order valence-corrected chi connectivity index (χ1v) is 5.04. The third-order valence-electron chi connectivity index (χ3n) is 2.79. The molecule has 6 heteroatoms. The molecule has 0 aliphatic rings. The topological polar surface area (TPSA) is 34.6 Å². The van der Waals surface area contributed by atoms with Crippen LogP contribution in [0.1, 0.15) is 0 Å². The molecule has 4 nitrogen and oxygen atoms in total. The van der Waals surface area contributed by atoms with E-state index in [0.29, 0.717) is 0 Å². The minimum absolute atomic E-state index is 0. The van der Waals surface area contributed by atoms with Gasteiger partial charge in [-0.2, -0.15) is 0 Å². The molecule has 96 valence electrons. The van der Waals surface area contributed by atoms with Crippen LogP contribution in [0.2, 0.25) is 0 Å². The summed E-state index contributed by atoms with van der Waals surface area (Å²) >= 11 is 0. The summed E-state index contributed by atoms with van der Waals surface area (Å²) in [5.74, 6) is 0.875. The molecule has 0 aliphatic carbocycles. The Bertz CT molecular complexity index is 752. The summed E-state index contributed by atoms with van der Waals surface area (Å²) in [5, 5.41) is 1.01. The molecule has 4 aromatic rings. The van der Waals surface area contributed by atoms with Gasteiger partial charge in [0.15, 0.2) is 0 Å². The van der Waals surface area contributed by atoms with Gasteiger partial charge >= 0.3 is 0 Å². The quantitative estimate of drug-likeness (QED) is 0.346. The third-order valence-corrected chi connectivity index (χ3v) is 2.79. The van der Waals surface area contributed by atoms with Gasteiger partial charge in [0.05, 0.1) is 5.65 Å². The summed E-state index contributed by atoms with van der Waals surface area (Å²) in [6.07, 6.45) is 7.44. The van der Waals surface area contributed by atoms with Crippen molar-refractivity contribution in [3.63, 3.8) is 0 Å². The summed E-state index contributed by atoms with van der Waals surface area (Å²) in [6, 6.07) is 9.16. The molecule has 0 bridgehead atoms. The van der Waals surface area contributed by atoms with Gasteiger partial charge in [0.2, 0.25) is 5.78 Å². The van der Waals surface area contributed by atoms with Crippen LogP contribution in [0.25, 0.3) is 22.3 Å². The number of hydrogen-bond acceptors (Lipinski definition) is 2. The van der Waals surface area contributed by atoms with Gasteiger partial charge in [-0.25, -0.2) is 4.98 Å². The van der Waals surface area contributed by atoms with E-state index in [0.717, 1.165) is 22.3 Å². The van der Waals surface area contributed by atoms with E-state index in [4.69, 9.17) is 0 Å². The van der Waals surface area contributed by atoms with E-state index in [1.165, 1.54) is 0 Å². The molecule has 1 aromatic carbocycles. The van der Waals surface area contributed by atoms with Gasteiger partial charge in [-0.1, -0.05) is 5.39 Å². The van der Waals surface area contributed by atoms with Gasteiger partial charge in [-0.05, 0) is 5.52 Å². The van der Waals surface area contributed by atoms with Crippen LogP contribution in [0.15, 0.2) is 43.0 Å². The smallest absolute Gasteiger partial charge is 0.202 e. The van der Waals surface area contributed by atoms with E-state index in [1.807, 2.05) is 33.3 Å². The van der Waals surface area contributed by atoms with Crippen LogP contribution in [0.4, 0.5) is 0 Å². The fourth-order valence-electron chi connectivity index (χ4n) is 2.12. The van der Waals surface area contributed by atoms with Crippen molar-refractivity contribution < 1.29 is 52.8 Å². The first kappa shape index (κ1) is 16.4. The third kappa shape index (κ3) is 2.29. The molecular formula is C13H10IrN4Y-2. The maximum Gasteiger partial charge on any atom is 0.202 e. The molecule has 3 aromatic heterocycles. The average molecular weight is 503 g/mol. The number of nitrogens with zero attached hydrogens (tertiary/aromatic N) is 4. The monoisotopic (exact) mass is 504 g/mol. The van der Waals surface area contributed by atoms with E-state index in [2.05, 4.69) is 22.1 Å². The molecule has 3 heterocycles. The Morgan fingerprint density at radius 2 is 1.79 bits per heavy atom. The van der Waals surface area contributed by atoms with Crippen molar-refractivity contribution in [2.75, 3.05) is 0 Å². The first-order chi connectivity index (χ1) is 7.95. The maximum atomic E-state index is 4.35. The predicted molar refractivity (Wildman–Crippen MR) is 66.7 cm³/mol. The molecule has 4 rings (SSSR count). The van der Waals surface area contributed by atoms with Crippen molar-refractivity contribution in [2.45, 2.75) is 0 Å². The van der Waals surface area contributed by atoms with Crippen molar-refractivity contribution in [2.24, 2.45) is 0 Å². The zero-order valence-electron chi connectivity index (χ0n) is 10.2. The summed E-state index contributed by atoms with van der Waals surface area (Å²) in [4.78, 5) is 8.70. The summed E-state index contributed by atoms with van der Waals surface area (Å²) in [7, 11) is 0. The van der Waals surface area contributed by atoms with Crippen molar-refractivity contribution in [3.05, 3.63) is 56.5 Å². The number of aromatic nitrogens is 4. The standard InChI is InChI=1S/C12H7N4.CH3.Ir.Y/c1-2-4-10-9(3-1)11-13-5-8-16(11)12-14-6-7-15(10)12;;;/h1-2,4-8H;1H3;;/q2*-1;;. The molecule has 0 fully saturated rings. The van der Waals surface area contributed by atoms with Gasteiger partial charge in [0.25, 0.3) is 0 Å². The van der Waals surface area contributed by atoms with Crippen LogP contribution in [-0.2, 0) is 52.8 Å². The number of imidazole rings is 2. The van der Waals surface area contributed by atoms with Crippen LogP contribution in [0.5, 0.6) is 0 Å². The van der Waals surface area contributed by atoms with Crippen molar-refractivity contribution in [3.8, 4) is 0 Å². The van der Waals surface area contributed by atoms with Crippen molar-refractivity contribution in [1.82, 2.24) is 18.8 Å². The van der Waals surface area contributed by atoms with Crippen LogP contribution >= 0.6 is 0 Å². The number of rotatable bonds is 0. The molecule has 0 amide bonds. The Labute approximate surface area is 149 Å². The second kappa shape index (κ2) is 6.23. The minimum atomic E-state index is 0. The van der Waals surface area contributed by atoms with E-state index in [1.54, 1.807) is 12.4 Å². The van der Waals surface area contributed by atoms with E-state index in [-0.39, 0.29) is 60.2 Å². The minimum Gasteiger partial charge on any atom is -0.358 e. The summed E-state index contributed by atoms with van der Waals surface area (Å²) in [6.45, 7) is 0. The fourth-order valence-corrected chi connectivity index (χ4v) is 2.12. The SMILES string of the molecule is [CH3-].[Ir].[Y].[c-]1cccc2c1c1nccn1c1nccn21. The van der Waals surface area contributed by atoms with Gasteiger partial charge in [0.1, 0.15) is 0 Å². The van der Waals surface area contributed by atoms with Crippen LogP contribution in [0.3, 0.4) is 0 Å². The molecule has 0 saturated heterocycles. The Kier molecular flexibility index (Phi) is 5.39. The zero-order valence-corrected chi connectivity index (χ0v) is 15.5. The Morgan fingerprint density at radius 1 is 1.05 bits per heavy atom. The van der Waals surface area contributed by atoms with Gasteiger partial charge in [0, 0.05) is 77.6 Å². The Balaban J connectivity index is 0.000000602. The molecule has 0 saturated carbocycles. The first-order valence-electron chi connectivity index (χ1n) is 5.04. The summed E-state index contributed by atoms with van der Waals surface area (Å²) in [5.41, 5.74) is 1.98. The molecule has 0 atom stereocenters. The maximum absolute atomic E-state index is 4.35.